The average Bonchev–Trinajstić information content (AvgIpc) is 3.42. The van der Waals surface area contributed by atoms with Gasteiger partial charge >= 0.3 is 0 Å². The van der Waals surface area contributed by atoms with E-state index in [4.69, 9.17) is 0 Å². The molecular formula is C38H29F2NO2. The smallest absolute Gasteiger partial charge is 0.197 e. The first-order valence-electron chi connectivity index (χ1n) is 15.1. The maximum absolute atomic E-state index is 15.6. The Hall–Kier alpha value is -4.64. The van der Waals surface area contributed by atoms with Crippen molar-refractivity contribution in [2.24, 2.45) is 0 Å². The summed E-state index contributed by atoms with van der Waals surface area (Å²) in [6.45, 7) is 0. The molecule has 3 aliphatic rings. The van der Waals surface area contributed by atoms with E-state index in [-0.39, 0.29) is 28.9 Å². The Bertz CT molecular complexity index is 1940. The first-order valence-corrected chi connectivity index (χ1v) is 15.1. The summed E-state index contributed by atoms with van der Waals surface area (Å²) in [5.41, 5.74) is 2.42. The van der Waals surface area contributed by atoms with Gasteiger partial charge in [0, 0.05) is 28.3 Å². The van der Waals surface area contributed by atoms with E-state index in [1.807, 2.05) is 53.4 Å². The van der Waals surface area contributed by atoms with Crippen molar-refractivity contribution in [1.29, 1.82) is 0 Å². The summed E-state index contributed by atoms with van der Waals surface area (Å²) in [4.78, 5) is 29.1. The second kappa shape index (κ2) is 9.70. The topological polar surface area (TPSA) is 37.4 Å². The highest BCUT2D eigenvalue weighted by atomic mass is 19.1. The van der Waals surface area contributed by atoms with Gasteiger partial charge in [-0.05, 0) is 76.7 Å². The van der Waals surface area contributed by atoms with Crippen LogP contribution in [0.5, 0.6) is 0 Å². The van der Waals surface area contributed by atoms with Crippen LogP contribution in [-0.4, -0.2) is 17.6 Å². The third-order valence-corrected chi connectivity index (χ3v) is 9.95. The molecule has 212 valence electrons. The van der Waals surface area contributed by atoms with E-state index in [1.165, 1.54) is 18.2 Å². The molecule has 0 radical (unpaired) electrons. The molecule has 43 heavy (non-hydrogen) atoms. The van der Waals surface area contributed by atoms with Crippen molar-refractivity contribution in [2.45, 2.75) is 50.0 Å². The number of carbonyl (C=O) groups excluding carboxylic acids is 2. The first-order chi connectivity index (χ1) is 21.0. The number of hydrogen-bond acceptors (Lipinski definition) is 3. The van der Waals surface area contributed by atoms with Crippen LogP contribution in [0.4, 0.5) is 20.2 Å². The van der Waals surface area contributed by atoms with E-state index in [0.29, 0.717) is 17.5 Å². The van der Waals surface area contributed by atoms with Crippen LogP contribution in [-0.2, 0) is 5.41 Å². The lowest BCUT2D eigenvalue weighted by Crippen LogP contribution is -2.44. The second-order valence-corrected chi connectivity index (χ2v) is 12.1. The lowest BCUT2D eigenvalue weighted by atomic mass is 9.64. The van der Waals surface area contributed by atoms with Gasteiger partial charge in [-0.15, -0.1) is 0 Å². The number of ketones is 2. The standard InChI is InChI=1S/C38H29F2NO2/c39-30-13-8-14-31(40)35(30)41-32-17-15-23-9-4-5-12-26(23)34(32)38(19-6-1-7-20-38)33(41)18-16-27-36(42)28-21-24-10-2-3-11-25(24)22-29(28)37(27)43/h2-5,8-17,21-22,33H,1,6-7,18-20H2. The van der Waals surface area contributed by atoms with Gasteiger partial charge in [0.1, 0.15) is 17.3 Å². The van der Waals surface area contributed by atoms with Gasteiger partial charge in [0.15, 0.2) is 11.6 Å². The number of fused-ring (bicyclic) bond motifs is 6. The molecule has 5 aromatic carbocycles. The zero-order valence-corrected chi connectivity index (χ0v) is 23.6. The molecule has 5 aromatic rings. The zero-order valence-electron chi connectivity index (χ0n) is 23.6. The van der Waals surface area contributed by atoms with Crippen LogP contribution >= 0.6 is 0 Å². The molecule has 1 aliphatic heterocycles. The predicted molar refractivity (Wildman–Crippen MR) is 166 cm³/mol. The maximum Gasteiger partial charge on any atom is 0.197 e. The fourth-order valence-corrected chi connectivity index (χ4v) is 8.08. The van der Waals surface area contributed by atoms with Crippen molar-refractivity contribution in [3.8, 4) is 0 Å². The number of allylic oxidation sites excluding steroid dienone is 1. The van der Waals surface area contributed by atoms with Gasteiger partial charge in [-0.1, -0.05) is 86.0 Å². The third-order valence-electron chi connectivity index (χ3n) is 9.95. The quantitative estimate of drug-likeness (QED) is 0.160. The van der Waals surface area contributed by atoms with Gasteiger partial charge in [-0.25, -0.2) is 8.78 Å². The Labute approximate surface area is 248 Å². The molecule has 1 fully saturated rings. The maximum atomic E-state index is 15.6. The normalized spacial score (nSPS) is 19.0. The van der Waals surface area contributed by atoms with E-state index < -0.39 is 17.0 Å². The lowest BCUT2D eigenvalue weighted by Gasteiger charge is -2.42. The van der Waals surface area contributed by atoms with Crippen LogP contribution in [0.1, 0.15) is 64.8 Å². The summed E-state index contributed by atoms with van der Waals surface area (Å²) in [7, 11) is 0. The number of hydrogen-bond donors (Lipinski definition) is 0. The Balaban J connectivity index is 1.31. The summed E-state index contributed by atoms with van der Waals surface area (Å²) < 4.78 is 31.2. The number of rotatable bonds is 3. The number of carbonyl (C=O) groups is 2. The van der Waals surface area contributed by atoms with Crippen LogP contribution in [0.15, 0.2) is 103 Å². The fourth-order valence-electron chi connectivity index (χ4n) is 8.08. The Morgan fingerprint density at radius 1 is 0.721 bits per heavy atom. The van der Waals surface area contributed by atoms with E-state index in [2.05, 4.69) is 12.1 Å². The number of benzene rings is 5. The molecule has 8 rings (SSSR count). The molecule has 0 bridgehead atoms. The first kappa shape index (κ1) is 26.0. The van der Waals surface area contributed by atoms with Gasteiger partial charge in [0.05, 0.1) is 5.57 Å². The molecule has 0 aromatic heterocycles. The van der Waals surface area contributed by atoms with Gasteiger partial charge in [-0.3, -0.25) is 9.59 Å². The van der Waals surface area contributed by atoms with Crippen LogP contribution in [0, 0.1) is 11.6 Å². The second-order valence-electron chi connectivity index (χ2n) is 12.1. The molecule has 1 unspecified atom stereocenters. The Morgan fingerprint density at radius 2 is 1.33 bits per heavy atom. The van der Waals surface area contributed by atoms with Gasteiger partial charge in [0.25, 0.3) is 0 Å². The van der Waals surface area contributed by atoms with Crippen molar-refractivity contribution in [3.05, 3.63) is 131 Å². The summed E-state index contributed by atoms with van der Waals surface area (Å²) in [5.74, 6) is -1.82. The van der Waals surface area contributed by atoms with E-state index in [1.54, 1.807) is 18.2 Å². The number of nitrogens with zero attached hydrogens (tertiary/aromatic N) is 1. The molecule has 0 saturated heterocycles. The zero-order chi connectivity index (χ0) is 29.3. The van der Waals surface area contributed by atoms with Crippen LogP contribution in [0.25, 0.3) is 21.5 Å². The van der Waals surface area contributed by atoms with Gasteiger partial charge in [-0.2, -0.15) is 0 Å². The highest BCUT2D eigenvalue weighted by Crippen LogP contribution is 2.59. The lowest BCUT2D eigenvalue weighted by molar-refractivity contribution is 0.0987. The number of para-hydroxylation sites is 1. The predicted octanol–water partition coefficient (Wildman–Crippen LogP) is 9.39. The van der Waals surface area contributed by atoms with Crippen molar-refractivity contribution in [2.75, 3.05) is 4.90 Å². The van der Waals surface area contributed by atoms with Crippen LogP contribution in [0.2, 0.25) is 0 Å². The average molecular weight is 570 g/mol. The van der Waals surface area contributed by atoms with Crippen molar-refractivity contribution < 1.29 is 18.4 Å². The summed E-state index contributed by atoms with van der Waals surface area (Å²) in [6.07, 6.45) is 6.87. The van der Waals surface area contributed by atoms with E-state index >= 15 is 8.78 Å². The molecular weight excluding hydrogens is 540 g/mol. The van der Waals surface area contributed by atoms with Crippen molar-refractivity contribution in [1.82, 2.24) is 0 Å². The highest BCUT2D eigenvalue weighted by Gasteiger charge is 2.53. The van der Waals surface area contributed by atoms with E-state index in [0.717, 1.165) is 64.9 Å². The summed E-state index contributed by atoms with van der Waals surface area (Å²) >= 11 is 0. The number of halogens is 2. The largest absolute Gasteiger partial charge is 0.332 e. The van der Waals surface area contributed by atoms with Crippen LogP contribution < -0.4 is 4.90 Å². The number of anilines is 2. The van der Waals surface area contributed by atoms with Crippen molar-refractivity contribution in [3.63, 3.8) is 0 Å². The summed E-state index contributed by atoms with van der Waals surface area (Å²) in [6, 6.07) is 27.1. The minimum Gasteiger partial charge on any atom is -0.332 e. The molecule has 0 N–H and O–H groups in total. The third kappa shape index (κ3) is 3.77. The van der Waals surface area contributed by atoms with Gasteiger partial charge < -0.3 is 4.90 Å². The Kier molecular flexibility index (Phi) is 5.87. The molecule has 5 heteroatoms. The minimum absolute atomic E-state index is 0.0801. The Morgan fingerprint density at radius 3 is 1.98 bits per heavy atom. The molecule has 1 heterocycles. The molecule has 2 aliphatic carbocycles. The molecule has 0 amide bonds. The molecule has 1 atom stereocenters. The van der Waals surface area contributed by atoms with Crippen LogP contribution in [0.3, 0.4) is 0 Å². The fraction of sp³-hybridized carbons (Fsp3) is 0.211. The molecule has 3 nitrogen and oxygen atoms in total. The molecule has 1 spiro atoms. The van der Waals surface area contributed by atoms with Crippen molar-refractivity contribution >= 4 is 44.5 Å². The SMILES string of the molecule is O=C1C(=CCC2N(c3c(F)cccc3F)c3ccc4ccccc4c3C23CCCCC3)C(=O)c2cc3ccccc3cc21. The highest BCUT2D eigenvalue weighted by molar-refractivity contribution is 6.40. The van der Waals surface area contributed by atoms with Gasteiger partial charge in [0.2, 0.25) is 0 Å². The monoisotopic (exact) mass is 569 g/mol. The number of Topliss-reactive ketones (excluding diaryl/α,β-unsaturated/α-hetero) is 2. The molecule has 1 saturated carbocycles. The summed E-state index contributed by atoms with van der Waals surface area (Å²) in [5, 5.41) is 3.99. The minimum atomic E-state index is -0.628. The van der Waals surface area contributed by atoms with E-state index in [9.17, 15) is 9.59 Å².